The van der Waals surface area contributed by atoms with Gasteiger partial charge in [-0.1, -0.05) is 0 Å². The number of hydrogen-bond donors (Lipinski definition) is 1. The van der Waals surface area contributed by atoms with Crippen molar-refractivity contribution in [2.24, 2.45) is 0 Å². The molecule has 0 bridgehead atoms. The molecule has 26 heavy (non-hydrogen) atoms. The maximum atomic E-state index is 14.7. The number of anilines is 2. The number of benzene rings is 1. The van der Waals surface area contributed by atoms with Gasteiger partial charge in [0.25, 0.3) is 0 Å². The predicted octanol–water partition coefficient (Wildman–Crippen LogP) is 2.85. The Morgan fingerprint density at radius 2 is 1.73 bits per heavy atom. The number of pyridine rings is 1. The standard InChI is InChI=1S/C18H17F2N5O/c1-21-18-16-15(22-2-3-23-16)10-14(24-18)11-8-12(19)17(13(20)9-11)25-4-6-26-7-5-25/h2-3,8-10H,4-7H2,1H3,(H,21,24). The molecule has 4 rings (SSSR count). The topological polar surface area (TPSA) is 63.2 Å². The third kappa shape index (κ3) is 2.92. The molecule has 0 atom stereocenters. The molecule has 1 fully saturated rings. The second kappa shape index (κ2) is 6.80. The van der Waals surface area contributed by atoms with Gasteiger partial charge in [-0.3, -0.25) is 4.98 Å². The van der Waals surface area contributed by atoms with Crippen molar-refractivity contribution in [1.29, 1.82) is 0 Å². The first-order valence-electron chi connectivity index (χ1n) is 8.29. The Morgan fingerprint density at radius 1 is 1.04 bits per heavy atom. The Hall–Kier alpha value is -2.87. The number of nitrogens with zero attached hydrogens (tertiary/aromatic N) is 4. The highest BCUT2D eigenvalue weighted by Gasteiger charge is 2.21. The van der Waals surface area contributed by atoms with Crippen LogP contribution < -0.4 is 10.2 Å². The Bertz CT molecular complexity index is 936. The first kappa shape index (κ1) is 16.6. The summed E-state index contributed by atoms with van der Waals surface area (Å²) in [5.41, 5.74) is 1.95. The quantitative estimate of drug-likeness (QED) is 0.778. The van der Waals surface area contributed by atoms with Crippen molar-refractivity contribution >= 4 is 22.5 Å². The highest BCUT2D eigenvalue weighted by molar-refractivity contribution is 5.88. The molecular formula is C18H17F2N5O. The molecule has 2 aromatic heterocycles. The van der Waals surface area contributed by atoms with E-state index >= 15 is 0 Å². The summed E-state index contributed by atoms with van der Waals surface area (Å²) in [6.45, 7) is 1.83. The molecule has 1 aromatic carbocycles. The van der Waals surface area contributed by atoms with E-state index in [1.54, 1.807) is 30.4 Å². The summed E-state index contributed by atoms with van der Waals surface area (Å²) in [5.74, 6) is -0.730. The second-order valence-electron chi connectivity index (χ2n) is 5.92. The first-order chi connectivity index (χ1) is 12.7. The molecule has 0 amide bonds. The zero-order valence-electron chi connectivity index (χ0n) is 14.2. The lowest BCUT2D eigenvalue weighted by Crippen LogP contribution is -2.37. The number of aromatic nitrogens is 3. The predicted molar refractivity (Wildman–Crippen MR) is 95.3 cm³/mol. The summed E-state index contributed by atoms with van der Waals surface area (Å²) in [7, 11) is 1.71. The second-order valence-corrected chi connectivity index (χ2v) is 5.92. The zero-order valence-corrected chi connectivity index (χ0v) is 14.2. The van der Waals surface area contributed by atoms with E-state index in [4.69, 9.17) is 4.74 Å². The molecule has 0 spiro atoms. The van der Waals surface area contributed by atoms with Crippen LogP contribution in [0.25, 0.3) is 22.3 Å². The fourth-order valence-corrected chi connectivity index (χ4v) is 3.10. The van der Waals surface area contributed by atoms with Gasteiger partial charge >= 0.3 is 0 Å². The number of fused-ring (bicyclic) bond motifs is 1. The summed E-state index contributed by atoms with van der Waals surface area (Å²) in [6, 6.07) is 4.28. The Kier molecular flexibility index (Phi) is 4.34. The third-order valence-corrected chi connectivity index (χ3v) is 4.33. The van der Waals surface area contributed by atoms with Crippen molar-refractivity contribution < 1.29 is 13.5 Å². The normalized spacial score (nSPS) is 14.7. The maximum Gasteiger partial charge on any atom is 0.154 e. The van der Waals surface area contributed by atoms with Gasteiger partial charge in [0.05, 0.1) is 24.4 Å². The molecule has 1 aliphatic heterocycles. The molecule has 8 heteroatoms. The molecule has 3 heterocycles. The van der Waals surface area contributed by atoms with Crippen molar-refractivity contribution in [2.45, 2.75) is 0 Å². The molecule has 0 aliphatic carbocycles. The van der Waals surface area contributed by atoms with Crippen molar-refractivity contribution in [3.63, 3.8) is 0 Å². The summed E-state index contributed by atoms with van der Waals surface area (Å²) >= 11 is 0. The van der Waals surface area contributed by atoms with Gasteiger partial charge in [-0.15, -0.1) is 0 Å². The Labute approximate surface area is 148 Å². The minimum atomic E-state index is -0.617. The molecule has 6 nitrogen and oxygen atoms in total. The lowest BCUT2D eigenvalue weighted by atomic mass is 10.1. The largest absolute Gasteiger partial charge is 0.378 e. The smallest absolute Gasteiger partial charge is 0.154 e. The van der Waals surface area contributed by atoms with Crippen molar-refractivity contribution in [3.05, 3.63) is 42.2 Å². The van der Waals surface area contributed by atoms with Gasteiger partial charge in [-0.2, -0.15) is 0 Å². The van der Waals surface area contributed by atoms with Crippen LogP contribution in [-0.2, 0) is 4.74 Å². The molecule has 134 valence electrons. The molecule has 1 N–H and O–H groups in total. The Morgan fingerprint density at radius 3 is 2.42 bits per heavy atom. The number of morpholine rings is 1. The zero-order chi connectivity index (χ0) is 18.1. The number of halogens is 2. The van der Waals surface area contributed by atoms with Gasteiger partial charge in [-0.05, 0) is 18.2 Å². The summed E-state index contributed by atoms with van der Waals surface area (Å²) in [4.78, 5) is 14.6. The van der Waals surface area contributed by atoms with E-state index in [0.717, 1.165) is 0 Å². The molecule has 1 aliphatic rings. The van der Waals surface area contributed by atoms with Gasteiger partial charge in [0.15, 0.2) is 5.82 Å². The summed E-state index contributed by atoms with van der Waals surface area (Å²) < 4.78 is 34.6. The summed E-state index contributed by atoms with van der Waals surface area (Å²) in [6.07, 6.45) is 3.13. The first-order valence-corrected chi connectivity index (χ1v) is 8.29. The monoisotopic (exact) mass is 357 g/mol. The van der Waals surface area contributed by atoms with Crippen LogP contribution in [0.1, 0.15) is 0 Å². The van der Waals surface area contributed by atoms with E-state index < -0.39 is 11.6 Å². The van der Waals surface area contributed by atoms with Crippen LogP contribution in [0.5, 0.6) is 0 Å². The van der Waals surface area contributed by atoms with Crippen LogP contribution in [0.3, 0.4) is 0 Å². The highest BCUT2D eigenvalue weighted by Crippen LogP contribution is 2.31. The SMILES string of the molecule is CNc1nc(-c2cc(F)c(N3CCOCC3)c(F)c2)cc2nccnc12. The minimum absolute atomic E-state index is 0.0218. The van der Waals surface area contributed by atoms with Crippen molar-refractivity contribution in [1.82, 2.24) is 15.0 Å². The molecule has 0 saturated carbocycles. The number of rotatable bonds is 3. The minimum Gasteiger partial charge on any atom is -0.378 e. The van der Waals surface area contributed by atoms with E-state index in [2.05, 4.69) is 20.3 Å². The fraction of sp³-hybridized carbons (Fsp3) is 0.278. The Balaban J connectivity index is 1.80. The number of ether oxygens (including phenoxy) is 1. The van der Waals surface area contributed by atoms with Crippen LogP contribution in [-0.4, -0.2) is 48.3 Å². The lowest BCUT2D eigenvalue weighted by Gasteiger charge is -2.29. The van der Waals surface area contributed by atoms with Crippen LogP contribution in [0.2, 0.25) is 0 Å². The van der Waals surface area contributed by atoms with E-state index in [1.165, 1.54) is 12.1 Å². The van der Waals surface area contributed by atoms with Gasteiger partial charge < -0.3 is 15.0 Å². The average Bonchev–Trinajstić information content (AvgIpc) is 2.67. The molecule has 0 unspecified atom stereocenters. The molecule has 1 saturated heterocycles. The van der Waals surface area contributed by atoms with Crippen LogP contribution in [0.15, 0.2) is 30.6 Å². The van der Waals surface area contributed by atoms with E-state index in [0.29, 0.717) is 54.4 Å². The number of nitrogens with one attached hydrogen (secondary N) is 1. The maximum absolute atomic E-state index is 14.7. The highest BCUT2D eigenvalue weighted by atomic mass is 19.1. The van der Waals surface area contributed by atoms with E-state index in [9.17, 15) is 8.78 Å². The van der Waals surface area contributed by atoms with Crippen molar-refractivity contribution in [3.8, 4) is 11.3 Å². The van der Waals surface area contributed by atoms with Gasteiger partial charge in [0.2, 0.25) is 0 Å². The van der Waals surface area contributed by atoms with Crippen LogP contribution in [0.4, 0.5) is 20.3 Å². The lowest BCUT2D eigenvalue weighted by molar-refractivity contribution is 0.122. The summed E-state index contributed by atoms with van der Waals surface area (Å²) in [5, 5.41) is 2.95. The van der Waals surface area contributed by atoms with Crippen LogP contribution in [0, 0.1) is 11.6 Å². The van der Waals surface area contributed by atoms with Gasteiger partial charge in [0, 0.05) is 38.1 Å². The van der Waals surface area contributed by atoms with Gasteiger partial charge in [0.1, 0.15) is 22.8 Å². The number of hydrogen-bond acceptors (Lipinski definition) is 6. The fourth-order valence-electron chi connectivity index (χ4n) is 3.10. The molecule has 3 aromatic rings. The third-order valence-electron chi connectivity index (χ3n) is 4.33. The molecule has 0 radical (unpaired) electrons. The van der Waals surface area contributed by atoms with Gasteiger partial charge in [-0.25, -0.2) is 18.7 Å². The van der Waals surface area contributed by atoms with Crippen molar-refractivity contribution in [2.75, 3.05) is 43.6 Å². The molecular weight excluding hydrogens is 340 g/mol. The van der Waals surface area contributed by atoms with Crippen LogP contribution >= 0.6 is 0 Å². The average molecular weight is 357 g/mol. The van der Waals surface area contributed by atoms with E-state index in [1.807, 2.05) is 0 Å². The van der Waals surface area contributed by atoms with E-state index in [-0.39, 0.29) is 5.69 Å².